The number of benzene rings is 1. The monoisotopic (exact) mass is 352 g/mol. The predicted octanol–water partition coefficient (Wildman–Crippen LogP) is 2.06. The Bertz CT molecular complexity index is 924. The standard InChI is InChI=1S/C19H20N4O3/c1-13(24)17(21-20)19(26)23-10-4-6-15(18(23)25)9-12-22-11-8-14-5-2-3-7-16(14)22/h2-3,5,7-8,11,15H,4,6,9-10,12H2,1H3. The SMILES string of the molecule is CC(=O)C(=[N+]=[N-])C(=O)N1CCCC(CCn2ccc3ccccc32)C1=O. The molecule has 134 valence electrons. The van der Waals surface area contributed by atoms with E-state index in [0.717, 1.165) is 22.7 Å². The maximum absolute atomic E-state index is 12.7. The number of para-hydroxylation sites is 1. The molecule has 1 aliphatic heterocycles. The van der Waals surface area contributed by atoms with Gasteiger partial charge in [0.2, 0.25) is 11.7 Å². The van der Waals surface area contributed by atoms with E-state index in [0.29, 0.717) is 25.8 Å². The predicted molar refractivity (Wildman–Crippen MR) is 95.3 cm³/mol. The van der Waals surface area contributed by atoms with Crippen LogP contribution in [0.2, 0.25) is 0 Å². The van der Waals surface area contributed by atoms with Gasteiger partial charge in [-0.1, -0.05) is 18.2 Å². The minimum absolute atomic E-state index is 0.243. The summed E-state index contributed by atoms with van der Waals surface area (Å²) < 4.78 is 2.10. The fourth-order valence-corrected chi connectivity index (χ4v) is 3.44. The molecule has 1 fully saturated rings. The lowest BCUT2D eigenvalue weighted by atomic mass is 9.93. The maximum atomic E-state index is 12.7. The van der Waals surface area contributed by atoms with E-state index < -0.39 is 17.4 Å². The molecule has 7 heteroatoms. The number of piperidine rings is 1. The van der Waals surface area contributed by atoms with Crippen molar-refractivity contribution < 1.29 is 19.2 Å². The summed E-state index contributed by atoms with van der Waals surface area (Å²) in [5.74, 6) is -2.08. The van der Waals surface area contributed by atoms with Crippen LogP contribution in [0.1, 0.15) is 26.2 Å². The molecule has 0 aliphatic carbocycles. The van der Waals surface area contributed by atoms with Crippen LogP contribution >= 0.6 is 0 Å². The van der Waals surface area contributed by atoms with Gasteiger partial charge in [0, 0.05) is 37.6 Å². The van der Waals surface area contributed by atoms with Crippen LogP contribution < -0.4 is 0 Å². The molecular weight excluding hydrogens is 332 g/mol. The number of nitrogens with zero attached hydrogens (tertiary/aromatic N) is 4. The number of imide groups is 1. The molecular formula is C19H20N4O3. The highest BCUT2D eigenvalue weighted by molar-refractivity contribution is 6.64. The van der Waals surface area contributed by atoms with Gasteiger partial charge >= 0.3 is 11.6 Å². The molecule has 1 aromatic heterocycles. The number of ketones is 1. The Morgan fingerprint density at radius 1 is 1.27 bits per heavy atom. The second kappa shape index (κ2) is 7.45. The smallest absolute Gasteiger partial charge is 0.360 e. The zero-order valence-electron chi connectivity index (χ0n) is 14.6. The molecule has 3 rings (SSSR count). The van der Waals surface area contributed by atoms with E-state index in [1.54, 1.807) is 0 Å². The molecule has 2 aromatic rings. The van der Waals surface area contributed by atoms with Gasteiger partial charge < -0.3 is 10.1 Å². The molecule has 0 bridgehead atoms. The van der Waals surface area contributed by atoms with Gasteiger partial charge in [-0.25, -0.2) is 0 Å². The minimum Gasteiger partial charge on any atom is -0.360 e. The van der Waals surface area contributed by atoms with Gasteiger partial charge in [-0.15, -0.1) is 0 Å². The average Bonchev–Trinajstić information content (AvgIpc) is 3.04. The second-order valence-electron chi connectivity index (χ2n) is 6.50. The number of carbonyl (C=O) groups is 3. The molecule has 2 heterocycles. The highest BCUT2D eigenvalue weighted by Crippen LogP contribution is 2.24. The number of aryl methyl sites for hydroxylation is 1. The number of hydrogen-bond donors (Lipinski definition) is 0. The number of likely N-dealkylation sites (tertiary alicyclic amines) is 1. The first kappa shape index (κ1) is 17.8. The number of amides is 2. The summed E-state index contributed by atoms with van der Waals surface area (Å²) in [4.78, 5) is 40.2. The van der Waals surface area contributed by atoms with Crippen molar-refractivity contribution in [2.75, 3.05) is 6.54 Å². The van der Waals surface area contributed by atoms with Crippen LogP contribution in [-0.4, -0.2) is 44.1 Å². The quantitative estimate of drug-likeness (QED) is 0.356. The van der Waals surface area contributed by atoms with E-state index in [4.69, 9.17) is 5.53 Å². The second-order valence-corrected chi connectivity index (χ2v) is 6.50. The molecule has 0 spiro atoms. The van der Waals surface area contributed by atoms with Crippen LogP contribution in [0.5, 0.6) is 0 Å². The molecule has 7 nitrogen and oxygen atoms in total. The third kappa shape index (κ3) is 3.34. The molecule has 0 radical (unpaired) electrons. The zero-order valence-corrected chi connectivity index (χ0v) is 14.6. The highest BCUT2D eigenvalue weighted by Gasteiger charge is 2.39. The summed E-state index contributed by atoms with van der Waals surface area (Å²) in [6, 6.07) is 10.1. The van der Waals surface area contributed by atoms with Crippen molar-refractivity contribution in [1.82, 2.24) is 9.47 Å². The van der Waals surface area contributed by atoms with E-state index in [9.17, 15) is 14.4 Å². The van der Waals surface area contributed by atoms with E-state index in [2.05, 4.69) is 9.36 Å². The Kier molecular flexibility index (Phi) is 5.09. The van der Waals surface area contributed by atoms with Crippen molar-refractivity contribution in [3.8, 4) is 0 Å². The summed E-state index contributed by atoms with van der Waals surface area (Å²) in [7, 11) is 0. The molecule has 1 unspecified atom stereocenters. The lowest BCUT2D eigenvalue weighted by Crippen LogP contribution is -2.49. The Hall–Kier alpha value is -3.05. The number of aromatic nitrogens is 1. The lowest BCUT2D eigenvalue weighted by Gasteiger charge is -2.29. The summed E-state index contributed by atoms with van der Waals surface area (Å²) in [6.45, 7) is 2.04. The van der Waals surface area contributed by atoms with E-state index >= 15 is 0 Å². The fourth-order valence-electron chi connectivity index (χ4n) is 3.44. The lowest BCUT2D eigenvalue weighted by molar-refractivity contribution is -0.149. The van der Waals surface area contributed by atoms with Crippen molar-refractivity contribution in [2.24, 2.45) is 5.92 Å². The largest absolute Gasteiger partial charge is 0.421 e. The van der Waals surface area contributed by atoms with Crippen LogP contribution in [0.3, 0.4) is 0 Å². The van der Waals surface area contributed by atoms with Crippen LogP contribution in [0.15, 0.2) is 36.5 Å². The number of Topliss-reactive ketones (excluding diaryl/α,β-unsaturated/α-hetero) is 1. The number of carbonyl (C=O) groups excluding carboxylic acids is 3. The highest BCUT2D eigenvalue weighted by atomic mass is 16.2. The number of fused-ring (bicyclic) bond motifs is 1. The van der Waals surface area contributed by atoms with Crippen molar-refractivity contribution >= 4 is 34.2 Å². The third-order valence-electron chi connectivity index (χ3n) is 4.83. The Morgan fingerprint density at radius 2 is 2.04 bits per heavy atom. The fraction of sp³-hybridized carbons (Fsp3) is 0.368. The van der Waals surface area contributed by atoms with Gasteiger partial charge in [0.1, 0.15) is 0 Å². The summed E-state index contributed by atoms with van der Waals surface area (Å²) >= 11 is 0. The number of hydrogen-bond acceptors (Lipinski definition) is 3. The number of rotatable bonds is 5. The first-order valence-electron chi connectivity index (χ1n) is 8.65. The molecule has 1 atom stereocenters. The first-order chi connectivity index (χ1) is 12.5. The molecule has 1 aliphatic rings. The zero-order chi connectivity index (χ0) is 18.7. The summed E-state index contributed by atoms with van der Waals surface area (Å²) in [6.07, 6.45) is 3.97. The average molecular weight is 352 g/mol. The third-order valence-corrected chi connectivity index (χ3v) is 4.83. The van der Waals surface area contributed by atoms with Crippen molar-refractivity contribution in [2.45, 2.75) is 32.7 Å². The van der Waals surface area contributed by atoms with Crippen LogP contribution in [0, 0.1) is 5.92 Å². The van der Waals surface area contributed by atoms with Crippen molar-refractivity contribution in [3.05, 3.63) is 42.1 Å². The van der Waals surface area contributed by atoms with Crippen LogP contribution in [-0.2, 0) is 20.9 Å². The molecule has 1 aromatic carbocycles. The van der Waals surface area contributed by atoms with E-state index in [-0.39, 0.29) is 18.4 Å². The Morgan fingerprint density at radius 3 is 2.77 bits per heavy atom. The summed E-state index contributed by atoms with van der Waals surface area (Å²) in [5, 5.41) is 1.14. The molecule has 0 saturated carbocycles. The normalized spacial score (nSPS) is 17.2. The van der Waals surface area contributed by atoms with Gasteiger partial charge in [-0.05, 0) is 36.8 Å². The Balaban J connectivity index is 1.71. The minimum atomic E-state index is -0.818. The van der Waals surface area contributed by atoms with Gasteiger partial charge in [0.25, 0.3) is 0 Å². The maximum Gasteiger partial charge on any atom is 0.421 e. The molecule has 1 saturated heterocycles. The topological polar surface area (TPSA) is 95.8 Å². The molecule has 0 N–H and O–H groups in total. The van der Waals surface area contributed by atoms with Gasteiger partial charge in [0.05, 0.1) is 0 Å². The van der Waals surface area contributed by atoms with Crippen LogP contribution in [0.25, 0.3) is 16.4 Å². The molecule has 26 heavy (non-hydrogen) atoms. The van der Waals surface area contributed by atoms with Gasteiger partial charge in [0.15, 0.2) is 0 Å². The first-order valence-corrected chi connectivity index (χ1v) is 8.65. The van der Waals surface area contributed by atoms with Gasteiger partial charge in [-0.2, -0.15) is 4.79 Å². The molecule has 2 amide bonds. The van der Waals surface area contributed by atoms with Crippen LogP contribution in [0.4, 0.5) is 0 Å². The summed E-state index contributed by atoms with van der Waals surface area (Å²) in [5.41, 5.74) is 9.39. The van der Waals surface area contributed by atoms with Crippen molar-refractivity contribution in [1.29, 1.82) is 0 Å². The van der Waals surface area contributed by atoms with E-state index in [1.165, 1.54) is 0 Å². The Labute approximate surface area is 150 Å². The van der Waals surface area contributed by atoms with E-state index in [1.807, 2.05) is 36.5 Å². The van der Waals surface area contributed by atoms with Crippen molar-refractivity contribution in [3.63, 3.8) is 0 Å². The van der Waals surface area contributed by atoms with Gasteiger partial charge in [-0.3, -0.25) is 19.3 Å².